The summed E-state index contributed by atoms with van der Waals surface area (Å²) < 4.78 is 18.3. The lowest BCUT2D eigenvalue weighted by molar-refractivity contribution is 0.208. The van der Waals surface area contributed by atoms with Gasteiger partial charge in [0.05, 0.1) is 12.8 Å². The molecule has 2 amide bonds. The second-order valence-corrected chi connectivity index (χ2v) is 6.59. The van der Waals surface area contributed by atoms with Crippen LogP contribution in [0.25, 0.3) is 0 Å². The molecule has 2 aromatic carbocycles. The van der Waals surface area contributed by atoms with Crippen molar-refractivity contribution in [1.82, 2.24) is 4.90 Å². The Labute approximate surface area is 157 Å². The molecule has 2 aromatic rings. The molecule has 1 saturated heterocycles. The molecule has 0 atom stereocenters. The fourth-order valence-corrected chi connectivity index (χ4v) is 3.10. The number of piperazine rings is 1. The van der Waals surface area contributed by atoms with Crippen LogP contribution < -0.4 is 15.0 Å². The minimum atomic E-state index is -0.251. The van der Waals surface area contributed by atoms with Gasteiger partial charge in [0.1, 0.15) is 11.6 Å². The molecule has 0 saturated carbocycles. The molecule has 0 spiro atoms. The zero-order chi connectivity index (χ0) is 18.7. The van der Waals surface area contributed by atoms with Gasteiger partial charge >= 0.3 is 6.03 Å². The number of ether oxygens (including phenoxy) is 1. The third kappa shape index (κ3) is 4.02. The van der Waals surface area contributed by atoms with Gasteiger partial charge in [-0.15, -0.1) is 0 Å². The van der Waals surface area contributed by atoms with Gasteiger partial charge in [-0.3, -0.25) is 0 Å². The number of halogens is 2. The van der Waals surface area contributed by atoms with Crippen LogP contribution in [0, 0.1) is 12.7 Å². The van der Waals surface area contributed by atoms with Gasteiger partial charge in [-0.2, -0.15) is 0 Å². The topological polar surface area (TPSA) is 44.8 Å². The third-order valence-electron chi connectivity index (χ3n) is 4.48. The number of nitrogens with one attached hydrogen (secondary N) is 1. The van der Waals surface area contributed by atoms with E-state index in [1.165, 1.54) is 19.2 Å². The van der Waals surface area contributed by atoms with E-state index in [-0.39, 0.29) is 11.8 Å². The van der Waals surface area contributed by atoms with Gasteiger partial charge in [0, 0.05) is 43.0 Å². The Kier molecular flexibility index (Phi) is 5.52. The predicted octanol–water partition coefficient (Wildman–Crippen LogP) is 4.15. The third-order valence-corrected chi connectivity index (χ3v) is 4.89. The Morgan fingerprint density at radius 1 is 1.15 bits per heavy atom. The van der Waals surface area contributed by atoms with Crippen LogP contribution in [0.5, 0.6) is 5.75 Å². The number of aryl methyl sites for hydroxylation is 1. The van der Waals surface area contributed by atoms with E-state index in [4.69, 9.17) is 16.3 Å². The SMILES string of the molecule is COc1cc(Cl)c(C)cc1NC(=O)N1CCN(c2ccc(F)cc2)CC1. The number of carbonyl (C=O) groups is 1. The van der Waals surface area contributed by atoms with Crippen LogP contribution in [0.4, 0.5) is 20.6 Å². The first-order valence-corrected chi connectivity index (χ1v) is 8.76. The van der Waals surface area contributed by atoms with Crippen LogP contribution in [0.1, 0.15) is 5.56 Å². The van der Waals surface area contributed by atoms with Gasteiger partial charge in [0.25, 0.3) is 0 Å². The smallest absolute Gasteiger partial charge is 0.322 e. The summed E-state index contributed by atoms with van der Waals surface area (Å²) in [5.41, 5.74) is 2.42. The second kappa shape index (κ2) is 7.83. The number of carbonyl (C=O) groups excluding carboxylic acids is 1. The first-order valence-electron chi connectivity index (χ1n) is 8.38. The zero-order valence-corrected chi connectivity index (χ0v) is 15.5. The summed E-state index contributed by atoms with van der Waals surface area (Å²) in [5.74, 6) is 0.276. The first kappa shape index (κ1) is 18.3. The van der Waals surface area contributed by atoms with E-state index < -0.39 is 0 Å². The largest absolute Gasteiger partial charge is 0.495 e. The molecule has 0 radical (unpaired) electrons. The Morgan fingerprint density at radius 2 is 1.81 bits per heavy atom. The average molecular weight is 378 g/mol. The Hall–Kier alpha value is -2.47. The van der Waals surface area contributed by atoms with E-state index in [1.807, 2.05) is 6.92 Å². The van der Waals surface area contributed by atoms with Crippen molar-refractivity contribution in [3.8, 4) is 5.75 Å². The number of benzene rings is 2. The van der Waals surface area contributed by atoms with Crippen molar-refractivity contribution in [2.75, 3.05) is 43.5 Å². The van der Waals surface area contributed by atoms with Crippen molar-refractivity contribution in [3.63, 3.8) is 0 Å². The molecule has 138 valence electrons. The number of amides is 2. The summed E-state index contributed by atoms with van der Waals surface area (Å²) in [6.07, 6.45) is 0. The molecule has 1 heterocycles. The average Bonchev–Trinajstić information content (AvgIpc) is 2.65. The van der Waals surface area contributed by atoms with Crippen LogP contribution in [-0.4, -0.2) is 44.2 Å². The fourth-order valence-electron chi connectivity index (χ4n) is 2.94. The number of hydrogen-bond acceptors (Lipinski definition) is 3. The fraction of sp³-hybridized carbons (Fsp3) is 0.316. The Morgan fingerprint density at radius 3 is 2.42 bits per heavy atom. The summed E-state index contributed by atoms with van der Waals surface area (Å²) >= 11 is 6.10. The van der Waals surface area contributed by atoms with Gasteiger partial charge in [0.2, 0.25) is 0 Å². The van der Waals surface area contributed by atoms with Gasteiger partial charge < -0.3 is 19.9 Å². The second-order valence-electron chi connectivity index (χ2n) is 6.18. The number of nitrogens with zero attached hydrogens (tertiary/aromatic N) is 2. The van der Waals surface area contributed by atoms with Crippen LogP contribution in [0.15, 0.2) is 36.4 Å². The lowest BCUT2D eigenvalue weighted by atomic mass is 10.2. The van der Waals surface area contributed by atoms with E-state index in [9.17, 15) is 9.18 Å². The lowest BCUT2D eigenvalue weighted by Gasteiger charge is -2.36. The summed E-state index contributed by atoms with van der Waals surface area (Å²) in [6, 6.07) is 9.72. The van der Waals surface area contributed by atoms with Crippen LogP contribution in [0.3, 0.4) is 0 Å². The molecule has 1 fully saturated rings. The summed E-state index contributed by atoms with van der Waals surface area (Å²) in [5, 5.41) is 3.49. The monoisotopic (exact) mass is 377 g/mol. The number of rotatable bonds is 3. The van der Waals surface area contributed by atoms with E-state index in [2.05, 4.69) is 10.2 Å². The minimum Gasteiger partial charge on any atom is -0.495 e. The molecule has 26 heavy (non-hydrogen) atoms. The van der Waals surface area contributed by atoms with Crippen molar-refractivity contribution in [2.45, 2.75) is 6.92 Å². The highest BCUT2D eigenvalue weighted by molar-refractivity contribution is 6.31. The first-order chi connectivity index (χ1) is 12.5. The molecule has 3 rings (SSSR count). The van der Waals surface area contributed by atoms with Crippen molar-refractivity contribution >= 4 is 29.0 Å². The maximum absolute atomic E-state index is 13.0. The summed E-state index contributed by atoms with van der Waals surface area (Å²) in [7, 11) is 1.54. The Bertz CT molecular complexity index is 790. The summed E-state index contributed by atoms with van der Waals surface area (Å²) in [4.78, 5) is 16.5. The summed E-state index contributed by atoms with van der Waals surface area (Å²) in [6.45, 7) is 4.42. The van der Waals surface area contributed by atoms with Gasteiger partial charge in [-0.25, -0.2) is 9.18 Å². The molecular formula is C19H21ClFN3O2. The number of urea groups is 1. The lowest BCUT2D eigenvalue weighted by Crippen LogP contribution is -2.50. The van der Waals surface area contributed by atoms with Gasteiger partial charge in [-0.1, -0.05) is 11.6 Å². The minimum absolute atomic E-state index is 0.177. The highest BCUT2D eigenvalue weighted by Gasteiger charge is 2.22. The van der Waals surface area contributed by atoms with Crippen molar-refractivity contribution in [2.24, 2.45) is 0 Å². The molecule has 1 aliphatic rings. The van der Waals surface area contributed by atoms with Crippen LogP contribution >= 0.6 is 11.6 Å². The van der Waals surface area contributed by atoms with E-state index in [0.29, 0.717) is 42.6 Å². The highest BCUT2D eigenvalue weighted by atomic mass is 35.5. The van der Waals surface area contributed by atoms with Gasteiger partial charge in [-0.05, 0) is 42.8 Å². The van der Waals surface area contributed by atoms with E-state index >= 15 is 0 Å². The zero-order valence-electron chi connectivity index (χ0n) is 14.8. The predicted molar refractivity (Wildman–Crippen MR) is 102 cm³/mol. The van der Waals surface area contributed by atoms with Crippen molar-refractivity contribution in [3.05, 3.63) is 52.8 Å². The highest BCUT2D eigenvalue weighted by Crippen LogP contribution is 2.31. The van der Waals surface area contributed by atoms with Gasteiger partial charge in [0.15, 0.2) is 0 Å². The number of anilines is 2. The standard InChI is InChI=1S/C19H21ClFN3O2/c1-13-11-17(18(26-2)12-16(13)20)22-19(25)24-9-7-23(8-10-24)15-5-3-14(21)4-6-15/h3-6,11-12H,7-10H2,1-2H3,(H,22,25). The molecule has 0 aromatic heterocycles. The quantitative estimate of drug-likeness (QED) is 0.873. The molecule has 0 aliphatic carbocycles. The molecular weight excluding hydrogens is 357 g/mol. The molecule has 0 bridgehead atoms. The molecule has 0 unspecified atom stereocenters. The van der Waals surface area contributed by atoms with E-state index in [1.54, 1.807) is 29.2 Å². The van der Waals surface area contributed by atoms with Crippen LogP contribution in [0.2, 0.25) is 5.02 Å². The molecule has 5 nitrogen and oxygen atoms in total. The maximum atomic E-state index is 13.0. The van der Waals surface area contributed by atoms with Crippen LogP contribution in [-0.2, 0) is 0 Å². The molecule has 1 aliphatic heterocycles. The normalized spacial score (nSPS) is 14.3. The Balaban J connectivity index is 1.62. The maximum Gasteiger partial charge on any atom is 0.322 e. The van der Waals surface area contributed by atoms with E-state index in [0.717, 1.165) is 11.3 Å². The molecule has 7 heteroatoms. The van der Waals surface area contributed by atoms with Crippen molar-refractivity contribution < 1.29 is 13.9 Å². The number of methoxy groups -OCH3 is 1. The van der Waals surface area contributed by atoms with Crippen molar-refractivity contribution in [1.29, 1.82) is 0 Å². The molecule has 1 N–H and O–H groups in total. The number of hydrogen-bond donors (Lipinski definition) is 1.